The second-order valence-electron chi connectivity index (χ2n) is 4.74. The van der Waals surface area contributed by atoms with Gasteiger partial charge in [0, 0.05) is 24.5 Å². The molecular weight excluding hydrogens is 270 g/mol. The van der Waals surface area contributed by atoms with Gasteiger partial charge in [-0.15, -0.1) is 0 Å². The summed E-state index contributed by atoms with van der Waals surface area (Å²) in [5.74, 6) is -0.261. The zero-order valence-electron chi connectivity index (χ0n) is 11.3. The molecule has 1 atom stereocenters. The van der Waals surface area contributed by atoms with E-state index in [1.807, 2.05) is 35.2 Å². The van der Waals surface area contributed by atoms with E-state index < -0.39 is 12.1 Å². The van der Waals surface area contributed by atoms with Crippen molar-refractivity contribution in [2.45, 2.75) is 6.10 Å². The molecule has 6 heteroatoms. The van der Waals surface area contributed by atoms with Crippen LogP contribution in [0.4, 0.5) is 5.82 Å². The molecule has 2 heterocycles. The summed E-state index contributed by atoms with van der Waals surface area (Å²) in [6, 6.07) is 9.74. The van der Waals surface area contributed by atoms with Gasteiger partial charge in [-0.1, -0.05) is 30.3 Å². The van der Waals surface area contributed by atoms with Gasteiger partial charge in [0.15, 0.2) is 11.9 Å². The van der Waals surface area contributed by atoms with Crippen molar-refractivity contribution in [1.82, 2.24) is 9.97 Å². The zero-order valence-corrected chi connectivity index (χ0v) is 11.3. The van der Waals surface area contributed by atoms with E-state index in [2.05, 4.69) is 9.97 Å². The lowest BCUT2D eigenvalue weighted by Crippen LogP contribution is -2.46. The molecule has 1 aromatic carbocycles. The van der Waals surface area contributed by atoms with Gasteiger partial charge in [0.05, 0.1) is 13.2 Å². The van der Waals surface area contributed by atoms with Crippen LogP contribution in [0.15, 0.2) is 42.7 Å². The van der Waals surface area contributed by atoms with Gasteiger partial charge < -0.3 is 14.7 Å². The molecule has 0 aliphatic carbocycles. The normalized spacial score (nSPS) is 18.5. The Hall–Kier alpha value is -2.47. The van der Waals surface area contributed by atoms with Crippen molar-refractivity contribution in [3.05, 3.63) is 42.7 Å². The Morgan fingerprint density at radius 3 is 2.76 bits per heavy atom. The number of rotatable bonds is 3. The highest BCUT2D eigenvalue weighted by Crippen LogP contribution is 2.27. The Labute approximate surface area is 122 Å². The highest BCUT2D eigenvalue weighted by Gasteiger charge is 2.28. The molecule has 1 unspecified atom stereocenters. The van der Waals surface area contributed by atoms with Crippen LogP contribution >= 0.6 is 0 Å². The number of aliphatic carboxylic acids is 1. The molecule has 108 valence electrons. The molecule has 1 saturated heterocycles. The van der Waals surface area contributed by atoms with Gasteiger partial charge in [-0.25, -0.2) is 9.78 Å². The Kier molecular flexibility index (Phi) is 3.79. The highest BCUT2D eigenvalue weighted by molar-refractivity contribution is 5.75. The molecule has 0 bridgehead atoms. The smallest absolute Gasteiger partial charge is 0.334 e. The first kappa shape index (κ1) is 13.5. The first-order chi connectivity index (χ1) is 10.3. The minimum atomic E-state index is -0.954. The van der Waals surface area contributed by atoms with Crippen LogP contribution in [0, 0.1) is 0 Å². The lowest BCUT2D eigenvalue weighted by molar-refractivity contribution is -0.150. The summed E-state index contributed by atoms with van der Waals surface area (Å²) >= 11 is 0. The maximum Gasteiger partial charge on any atom is 0.334 e. The van der Waals surface area contributed by atoms with Gasteiger partial charge in [0.1, 0.15) is 5.69 Å². The van der Waals surface area contributed by atoms with Crippen LogP contribution in [0.2, 0.25) is 0 Å². The predicted molar refractivity (Wildman–Crippen MR) is 77.1 cm³/mol. The molecule has 1 aromatic heterocycles. The Morgan fingerprint density at radius 1 is 1.24 bits per heavy atom. The van der Waals surface area contributed by atoms with Crippen LogP contribution in [0.25, 0.3) is 11.3 Å². The number of nitrogens with zero attached hydrogens (tertiary/aromatic N) is 3. The molecule has 0 amide bonds. The number of aromatic nitrogens is 2. The molecule has 1 N–H and O–H groups in total. The zero-order chi connectivity index (χ0) is 14.7. The quantitative estimate of drug-likeness (QED) is 0.919. The fourth-order valence-electron chi connectivity index (χ4n) is 2.35. The number of carboxylic acids is 1. The number of benzene rings is 1. The van der Waals surface area contributed by atoms with Crippen LogP contribution < -0.4 is 4.90 Å². The van der Waals surface area contributed by atoms with E-state index in [9.17, 15) is 4.79 Å². The number of ether oxygens (including phenoxy) is 1. The van der Waals surface area contributed by atoms with Crippen LogP contribution in [0.3, 0.4) is 0 Å². The molecule has 0 spiro atoms. The van der Waals surface area contributed by atoms with Crippen molar-refractivity contribution in [2.24, 2.45) is 0 Å². The van der Waals surface area contributed by atoms with Gasteiger partial charge in [-0.2, -0.15) is 0 Å². The second kappa shape index (κ2) is 5.88. The van der Waals surface area contributed by atoms with Crippen molar-refractivity contribution in [3.63, 3.8) is 0 Å². The van der Waals surface area contributed by atoms with E-state index in [1.54, 1.807) is 12.4 Å². The number of anilines is 1. The molecule has 0 radical (unpaired) electrons. The van der Waals surface area contributed by atoms with Gasteiger partial charge in [-0.05, 0) is 0 Å². The molecule has 3 rings (SSSR count). The standard InChI is InChI=1S/C15H15N3O3/c19-15(20)12-10-18(8-9-21-12)14-13(16-6-7-17-14)11-4-2-1-3-5-11/h1-7,12H,8-10H2,(H,19,20). The Morgan fingerprint density at radius 2 is 2.00 bits per heavy atom. The minimum Gasteiger partial charge on any atom is -0.479 e. The third kappa shape index (κ3) is 2.85. The van der Waals surface area contributed by atoms with Crippen LogP contribution in [0.5, 0.6) is 0 Å². The summed E-state index contributed by atoms with van der Waals surface area (Å²) < 4.78 is 5.25. The highest BCUT2D eigenvalue weighted by atomic mass is 16.5. The fourth-order valence-corrected chi connectivity index (χ4v) is 2.35. The minimum absolute atomic E-state index is 0.272. The van der Waals surface area contributed by atoms with E-state index in [4.69, 9.17) is 9.84 Å². The topological polar surface area (TPSA) is 75.5 Å². The van der Waals surface area contributed by atoms with Crippen LogP contribution in [-0.2, 0) is 9.53 Å². The third-order valence-corrected chi connectivity index (χ3v) is 3.37. The van der Waals surface area contributed by atoms with E-state index in [0.29, 0.717) is 19.0 Å². The van der Waals surface area contributed by atoms with Gasteiger partial charge in [0.2, 0.25) is 0 Å². The first-order valence-electron chi connectivity index (χ1n) is 6.71. The van der Waals surface area contributed by atoms with Gasteiger partial charge in [0.25, 0.3) is 0 Å². The first-order valence-corrected chi connectivity index (χ1v) is 6.71. The Bertz CT molecular complexity index is 633. The predicted octanol–water partition coefficient (Wildman–Crippen LogP) is 1.43. The molecule has 21 heavy (non-hydrogen) atoms. The van der Waals surface area contributed by atoms with E-state index in [-0.39, 0.29) is 6.54 Å². The van der Waals surface area contributed by atoms with E-state index >= 15 is 0 Å². The lowest BCUT2D eigenvalue weighted by Gasteiger charge is -2.32. The van der Waals surface area contributed by atoms with Crippen LogP contribution in [0.1, 0.15) is 0 Å². The summed E-state index contributed by atoms with van der Waals surface area (Å²) in [7, 11) is 0. The Balaban J connectivity index is 1.94. The van der Waals surface area contributed by atoms with Gasteiger partial charge >= 0.3 is 5.97 Å². The second-order valence-corrected chi connectivity index (χ2v) is 4.74. The third-order valence-electron chi connectivity index (χ3n) is 3.37. The van der Waals surface area contributed by atoms with Crippen molar-refractivity contribution >= 4 is 11.8 Å². The van der Waals surface area contributed by atoms with Crippen molar-refractivity contribution in [3.8, 4) is 11.3 Å². The molecule has 1 aliphatic rings. The van der Waals surface area contributed by atoms with Crippen molar-refractivity contribution in [2.75, 3.05) is 24.6 Å². The number of hydrogen-bond acceptors (Lipinski definition) is 5. The SMILES string of the molecule is O=C(O)C1CN(c2nccnc2-c2ccccc2)CCO1. The molecule has 1 fully saturated rings. The van der Waals surface area contributed by atoms with E-state index in [0.717, 1.165) is 11.3 Å². The van der Waals surface area contributed by atoms with Crippen LogP contribution in [-0.4, -0.2) is 46.8 Å². The molecule has 6 nitrogen and oxygen atoms in total. The molecule has 2 aromatic rings. The molecule has 0 saturated carbocycles. The largest absolute Gasteiger partial charge is 0.479 e. The number of carbonyl (C=O) groups is 1. The maximum absolute atomic E-state index is 11.1. The maximum atomic E-state index is 11.1. The van der Waals surface area contributed by atoms with Gasteiger partial charge in [-0.3, -0.25) is 4.98 Å². The summed E-state index contributed by atoms with van der Waals surface area (Å²) in [6.07, 6.45) is 2.43. The number of morpholine rings is 1. The summed E-state index contributed by atoms with van der Waals surface area (Å²) in [5.41, 5.74) is 1.71. The summed E-state index contributed by atoms with van der Waals surface area (Å²) in [5, 5.41) is 9.10. The molecular formula is C15H15N3O3. The average molecular weight is 285 g/mol. The van der Waals surface area contributed by atoms with Crippen molar-refractivity contribution < 1.29 is 14.6 Å². The monoisotopic (exact) mass is 285 g/mol. The molecule has 1 aliphatic heterocycles. The van der Waals surface area contributed by atoms with Crippen molar-refractivity contribution in [1.29, 1.82) is 0 Å². The lowest BCUT2D eigenvalue weighted by atomic mass is 10.1. The fraction of sp³-hybridized carbons (Fsp3) is 0.267. The van der Waals surface area contributed by atoms with E-state index in [1.165, 1.54) is 0 Å². The average Bonchev–Trinajstić information content (AvgIpc) is 2.56. The summed E-state index contributed by atoms with van der Waals surface area (Å²) in [6.45, 7) is 1.23. The number of hydrogen-bond donors (Lipinski definition) is 1. The number of carboxylic acid groups (broad SMARTS) is 1. The summed E-state index contributed by atoms with van der Waals surface area (Å²) in [4.78, 5) is 21.8.